The molecule has 0 aromatic rings. The van der Waals surface area contributed by atoms with Crippen molar-refractivity contribution in [3.05, 3.63) is 131 Å². The van der Waals surface area contributed by atoms with Gasteiger partial charge in [0, 0.05) is 14.0 Å². The standard InChI is InChI=1S/C49H74O8/c1-36(23-15-25-38(3)27-17-29-40(5)31-19-33-48(8,9)54-12)21-13-14-22-37(2)24-16-26-39(4)28-18-30-41(6)32-20-34-49(10,11)57-47-46(53)45(52)44(51)43(56-47)35-55-42(7)50/h13-18,21-30,43-47,51-53H,19-20,31-35H2,1-12H3/b14-13+,23-15+,24-16+,27-17+,28-18+,36-21+,37-22+,38-25+,39-26+,40-29+,41-30+/t43-,44+,45?,46?,47+/m0/s1. The van der Waals surface area contributed by atoms with E-state index in [9.17, 15) is 20.1 Å². The minimum atomic E-state index is -1.49. The van der Waals surface area contributed by atoms with Gasteiger partial charge in [-0.1, -0.05) is 131 Å². The summed E-state index contributed by atoms with van der Waals surface area (Å²) < 4.78 is 22.1. The smallest absolute Gasteiger partial charge is 0.302 e. The number of methoxy groups -OCH3 is 1. The summed E-state index contributed by atoms with van der Waals surface area (Å²) in [5.41, 5.74) is 6.52. The number of hydrogen-bond acceptors (Lipinski definition) is 8. The summed E-state index contributed by atoms with van der Waals surface area (Å²) in [6.07, 6.45) is 32.6. The largest absolute Gasteiger partial charge is 0.463 e. The van der Waals surface area contributed by atoms with Crippen molar-refractivity contribution in [3.63, 3.8) is 0 Å². The van der Waals surface area contributed by atoms with Gasteiger partial charge in [0.25, 0.3) is 0 Å². The maximum atomic E-state index is 11.2. The molecular formula is C49H74O8. The molecule has 0 aromatic carbocycles. The summed E-state index contributed by atoms with van der Waals surface area (Å²) in [7, 11) is 1.78. The van der Waals surface area contributed by atoms with Crippen molar-refractivity contribution in [1.82, 2.24) is 0 Å². The second-order valence-corrected chi connectivity index (χ2v) is 16.4. The molecule has 0 bridgehead atoms. The quantitative estimate of drug-likeness (QED) is 0.0692. The molecule has 1 aliphatic heterocycles. The average molecular weight is 791 g/mol. The van der Waals surface area contributed by atoms with Crippen LogP contribution in [-0.2, 0) is 23.7 Å². The van der Waals surface area contributed by atoms with Gasteiger partial charge in [0.2, 0.25) is 0 Å². The third-order valence-corrected chi connectivity index (χ3v) is 9.55. The van der Waals surface area contributed by atoms with Gasteiger partial charge < -0.3 is 34.3 Å². The summed E-state index contributed by atoms with van der Waals surface area (Å²) in [4.78, 5) is 11.2. The predicted octanol–water partition coefficient (Wildman–Crippen LogP) is 10.4. The molecule has 0 aliphatic carbocycles. The van der Waals surface area contributed by atoms with Crippen LogP contribution < -0.4 is 0 Å². The second kappa shape index (κ2) is 27.1. The van der Waals surface area contributed by atoms with Gasteiger partial charge in [0.15, 0.2) is 6.29 Å². The number of esters is 1. The van der Waals surface area contributed by atoms with Crippen molar-refractivity contribution in [2.45, 2.75) is 157 Å². The van der Waals surface area contributed by atoms with Gasteiger partial charge in [-0.15, -0.1) is 0 Å². The van der Waals surface area contributed by atoms with E-state index in [-0.39, 0.29) is 12.2 Å². The molecule has 0 amide bonds. The van der Waals surface area contributed by atoms with Crippen LogP contribution >= 0.6 is 0 Å². The van der Waals surface area contributed by atoms with Crippen LogP contribution in [-0.4, -0.2) is 76.9 Å². The lowest BCUT2D eigenvalue weighted by Crippen LogP contribution is -2.60. The Morgan fingerprint density at radius 2 is 0.982 bits per heavy atom. The Balaban J connectivity index is 2.53. The Hall–Kier alpha value is -3.63. The van der Waals surface area contributed by atoms with Crippen LogP contribution in [0.15, 0.2) is 131 Å². The van der Waals surface area contributed by atoms with Crippen molar-refractivity contribution in [2.75, 3.05) is 13.7 Å². The first-order chi connectivity index (χ1) is 26.7. The average Bonchev–Trinajstić information content (AvgIpc) is 3.12. The van der Waals surface area contributed by atoms with Gasteiger partial charge in [0.1, 0.15) is 31.0 Å². The van der Waals surface area contributed by atoms with E-state index >= 15 is 0 Å². The lowest BCUT2D eigenvalue weighted by Gasteiger charge is -2.42. The molecule has 57 heavy (non-hydrogen) atoms. The molecule has 2 unspecified atom stereocenters. The summed E-state index contributed by atoms with van der Waals surface area (Å²) in [5.74, 6) is -0.534. The molecular weight excluding hydrogens is 717 g/mol. The number of hydrogen-bond donors (Lipinski definition) is 3. The second-order valence-electron chi connectivity index (χ2n) is 16.4. The highest BCUT2D eigenvalue weighted by Crippen LogP contribution is 2.29. The van der Waals surface area contributed by atoms with Crippen LogP contribution in [0.5, 0.6) is 0 Å². The van der Waals surface area contributed by atoms with E-state index in [0.29, 0.717) is 6.42 Å². The normalized spacial score (nSPS) is 23.0. The van der Waals surface area contributed by atoms with Gasteiger partial charge >= 0.3 is 5.97 Å². The van der Waals surface area contributed by atoms with Crippen molar-refractivity contribution in [2.24, 2.45) is 0 Å². The molecule has 1 fully saturated rings. The maximum absolute atomic E-state index is 11.2. The number of carbonyl (C=O) groups is 1. The number of carbonyl (C=O) groups excluding carboxylic acids is 1. The molecule has 0 aromatic heterocycles. The molecule has 1 saturated heterocycles. The summed E-state index contributed by atoms with van der Waals surface area (Å²) in [6.45, 7) is 21.7. The van der Waals surface area contributed by atoms with Gasteiger partial charge in [0.05, 0.1) is 11.2 Å². The molecule has 318 valence electrons. The Morgan fingerprint density at radius 1 is 0.579 bits per heavy atom. The van der Waals surface area contributed by atoms with E-state index in [1.54, 1.807) is 7.11 Å². The fourth-order valence-corrected chi connectivity index (χ4v) is 5.65. The Bertz CT molecular complexity index is 1570. The topological polar surface area (TPSA) is 115 Å². The SMILES string of the molecule is COC(C)(C)CCC/C(C)=C/C=C/C(C)=C/C=C/C(C)=C/C=C/C=C(C)/C=C/C=C(C)/C=C/C=C(\C)CCCC(C)(C)O[C@H]1O[C@@H](COC(C)=O)[C@@H](O)C(O)C1O. The maximum Gasteiger partial charge on any atom is 0.302 e. The number of aliphatic hydroxyl groups is 3. The number of aliphatic hydroxyl groups excluding tert-OH is 3. The molecule has 1 heterocycles. The van der Waals surface area contributed by atoms with E-state index in [4.69, 9.17) is 18.9 Å². The minimum Gasteiger partial charge on any atom is -0.463 e. The highest BCUT2D eigenvalue weighted by molar-refractivity contribution is 5.65. The van der Waals surface area contributed by atoms with Gasteiger partial charge in [-0.25, -0.2) is 0 Å². The van der Waals surface area contributed by atoms with E-state index in [2.05, 4.69) is 147 Å². The van der Waals surface area contributed by atoms with E-state index in [1.165, 1.54) is 29.2 Å². The predicted molar refractivity (Wildman–Crippen MR) is 236 cm³/mol. The fraction of sp³-hybridized carbons (Fsp3) is 0.531. The van der Waals surface area contributed by atoms with Crippen molar-refractivity contribution < 1.29 is 39.1 Å². The summed E-state index contributed by atoms with van der Waals surface area (Å²) in [6, 6.07) is 0. The molecule has 3 N–H and O–H groups in total. The van der Waals surface area contributed by atoms with Crippen molar-refractivity contribution in [1.29, 1.82) is 0 Å². The van der Waals surface area contributed by atoms with Gasteiger partial charge in [-0.3, -0.25) is 4.79 Å². The zero-order chi connectivity index (χ0) is 43.0. The van der Waals surface area contributed by atoms with E-state index in [0.717, 1.165) is 43.3 Å². The third-order valence-electron chi connectivity index (χ3n) is 9.55. The van der Waals surface area contributed by atoms with Crippen molar-refractivity contribution in [3.8, 4) is 0 Å². The molecule has 1 aliphatic rings. The number of rotatable bonds is 23. The first-order valence-electron chi connectivity index (χ1n) is 20.2. The van der Waals surface area contributed by atoms with Gasteiger partial charge in [-0.05, 0) is 108 Å². The summed E-state index contributed by atoms with van der Waals surface area (Å²) in [5, 5.41) is 31.0. The van der Waals surface area contributed by atoms with E-state index < -0.39 is 42.3 Å². The third kappa shape index (κ3) is 24.0. The number of ether oxygens (including phenoxy) is 4. The van der Waals surface area contributed by atoms with Crippen LogP contribution in [0.25, 0.3) is 0 Å². The van der Waals surface area contributed by atoms with Crippen molar-refractivity contribution >= 4 is 5.97 Å². The monoisotopic (exact) mass is 791 g/mol. The first-order valence-corrected chi connectivity index (χ1v) is 20.2. The van der Waals surface area contributed by atoms with Crippen LogP contribution in [0.1, 0.15) is 115 Å². The van der Waals surface area contributed by atoms with Crippen LogP contribution in [0.2, 0.25) is 0 Å². The Morgan fingerprint density at radius 3 is 1.40 bits per heavy atom. The zero-order valence-electron chi connectivity index (χ0n) is 37.0. The molecule has 8 heteroatoms. The Labute approximate surface area is 345 Å². The minimum absolute atomic E-state index is 0.0552. The molecule has 5 atom stereocenters. The lowest BCUT2D eigenvalue weighted by molar-refractivity contribution is -0.324. The van der Waals surface area contributed by atoms with Crippen LogP contribution in [0, 0.1) is 0 Å². The van der Waals surface area contributed by atoms with Crippen LogP contribution in [0.4, 0.5) is 0 Å². The Kier molecular flexibility index (Phi) is 24.5. The number of allylic oxidation sites excluding steroid dienone is 22. The summed E-state index contributed by atoms with van der Waals surface area (Å²) >= 11 is 0. The fourth-order valence-electron chi connectivity index (χ4n) is 5.65. The molecule has 1 rings (SSSR count). The molecule has 8 nitrogen and oxygen atoms in total. The molecule has 0 radical (unpaired) electrons. The van der Waals surface area contributed by atoms with Crippen LogP contribution in [0.3, 0.4) is 0 Å². The van der Waals surface area contributed by atoms with E-state index in [1.807, 2.05) is 19.9 Å². The zero-order valence-corrected chi connectivity index (χ0v) is 37.0. The highest BCUT2D eigenvalue weighted by Gasteiger charge is 2.46. The van der Waals surface area contributed by atoms with Gasteiger partial charge in [-0.2, -0.15) is 0 Å². The lowest BCUT2D eigenvalue weighted by atomic mass is 9.96. The molecule has 0 saturated carbocycles. The first kappa shape index (κ1) is 51.4. The molecule has 0 spiro atoms. The highest BCUT2D eigenvalue weighted by atomic mass is 16.7.